The van der Waals surface area contributed by atoms with Crippen molar-refractivity contribution in [2.45, 2.75) is 19.6 Å². The third kappa shape index (κ3) is 6.38. The number of anilines is 1. The first-order chi connectivity index (χ1) is 21.5. The molecule has 0 aliphatic carbocycles. The van der Waals surface area contributed by atoms with Crippen molar-refractivity contribution in [1.29, 1.82) is 5.26 Å². The molecule has 0 bridgehead atoms. The van der Waals surface area contributed by atoms with E-state index < -0.39 is 5.82 Å². The van der Waals surface area contributed by atoms with Gasteiger partial charge < -0.3 is 14.8 Å². The number of carbonyl (C=O) groups excluding carboxylic acids is 2. The quantitative estimate of drug-likeness (QED) is 0.209. The predicted molar refractivity (Wildman–Crippen MR) is 167 cm³/mol. The van der Waals surface area contributed by atoms with Gasteiger partial charge in [-0.2, -0.15) is 5.26 Å². The zero-order valence-electron chi connectivity index (χ0n) is 23.4. The number of imidazole rings is 1. The Morgan fingerprint density at radius 2 is 1.82 bits per heavy atom. The molecule has 0 aliphatic heterocycles. The Hall–Kier alpha value is -5.66. The van der Waals surface area contributed by atoms with E-state index in [1.54, 1.807) is 48.0 Å². The van der Waals surface area contributed by atoms with Crippen LogP contribution in [0.5, 0.6) is 0 Å². The maximum absolute atomic E-state index is 14.1. The Kier molecular flexibility index (Phi) is 8.21. The summed E-state index contributed by atoms with van der Waals surface area (Å²) in [5.74, 6) is -1.08. The number of thiophene rings is 1. The second kappa shape index (κ2) is 12.7. The van der Waals surface area contributed by atoms with Crippen molar-refractivity contribution < 1.29 is 14.0 Å². The summed E-state index contributed by atoms with van der Waals surface area (Å²) in [6.07, 6.45) is 6.78. The van der Waals surface area contributed by atoms with E-state index in [1.807, 2.05) is 53.1 Å². The number of amides is 2. The number of fused-ring (bicyclic) bond motifs is 1. The summed E-state index contributed by atoms with van der Waals surface area (Å²) in [5, 5.41) is 12.8. The van der Waals surface area contributed by atoms with Crippen LogP contribution in [0.2, 0.25) is 0 Å². The van der Waals surface area contributed by atoms with Crippen molar-refractivity contribution in [2.24, 2.45) is 0 Å². The lowest BCUT2D eigenvalue weighted by Gasteiger charge is -2.24. The van der Waals surface area contributed by atoms with Gasteiger partial charge in [0.1, 0.15) is 5.82 Å². The van der Waals surface area contributed by atoms with E-state index in [-0.39, 0.29) is 23.9 Å². The highest BCUT2D eigenvalue weighted by molar-refractivity contribution is 7.20. The summed E-state index contributed by atoms with van der Waals surface area (Å²) in [7, 11) is 0. The summed E-state index contributed by atoms with van der Waals surface area (Å²) in [6.45, 7) is 1.02. The lowest BCUT2D eigenvalue weighted by molar-refractivity contribution is 0.0953. The molecule has 3 aromatic heterocycles. The van der Waals surface area contributed by atoms with Gasteiger partial charge in [0.15, 0.2) is 0 Å². The molecule has 2 amide bonds. The SMILES string of the molecule is N#Cc1ccc(Cn2cncc2CN(C(=O)c2cccc(F)c2)c2ccc3sc(C(=O)NCc4cccnc4)cc3c2)cc1. The van der Waals surface area contributed by atoms with Crippen LogP contribution in [0.3, 0.4) is 0 Å². The molecular formula is C34H25FN6O2S. The molecule has 0 atom stereocenters. The molecule has 0 spiro atoms. The van der Waals surface area contributed by atoms with Crippen LogP contribution in [0.25, 0.3) is 10.1 Å². The first-order valence-electron chi connectivity index (χ1n) is 13.7. The summed E-state index contributed by atoms with van der Waals surface area (Å²) < 4.78 is 17.0. The van der Waals surface area contributed by atoms with Crippen LogP contribution in [0.4, 0.5) is 10.1 Å². The largest absolute Gasteiger partial charge is 0.347 e. The smallest absolute Gasteiger partial charge is 0.261 e. The number of carbonyl (C=O) groups is 2. The van der Waals surface area contributed by atoms with Crippen LogP contribution in [-0.4, -0.2) is 26.3 Å². The Balaban J connectivity index is 1.29. The predicted octanol–water partition coefficient (Wildman–Crippen LogP) is 6.33. The first-order valence-corrected chi connectivity index (χ1v) is 14.5. The van der Waals surface area contributed by atoms with Crippen molar-refractivity contribution in [3.05, 3.63) is 148 Å². The van der Waals surface area contributed by atoms with Gasteiger partial charge in [-0.15, -0.1) is 11.3 Å². The number of nitriles is 1. The Morgan fingerprint density at radius 3 is 2.59 bits per heavy atom. The van der Waals surface area contributed by atoms with Crippen LogP contribution in [-0.2, 0) is 19.6 Å². The molecule has 3 heterocycles. The van der Waals surface area contributed by atoms with Crippen LogP contribution < -0.4 is 10.2 Å². The molecule has 0 unspecified atom stereocenters. The highest BCUT2D eigenvalue weighted by Crippen LogP contribution is 2.31. The summed E-state index contributed by atoms with van der Waals surface area (Å²) in [6, 6.07) is 26.1. The summed E-state index contributed by atoms with van der Waals surface area (Å²) in [4.78, 5) is 37.3. The molecule has 6 aromatic rings. The fraction of sp³-hybridized carbons (Fsp3) is 0.0882. The molecule has 0 saturated carbocycles. The molecule has 0 aliphatic rings. The highest BCUT2D eigenvalue weighted by atomic mass is 32.1. The van der Waals surface area contributed by atoms with Gasteiger partial charge in [0, 0.05) is 47.6 Å². The fourth-order valence-electron chi connectivity index (χ4n) is 4.81. The van der Waals surface area contributed by atoms with E-state index in [4.69, 9.17) is 5.26 Å². The van der Waals surface area contributed by atoms with Crippen LogP contribution >= 0.6 is 11.3 Å². The van der Waals surface area contributed by atoms with Gasteiger partial charge in [-0.25, -0.2) is 9.37 Å². The van der Waals surface area contributed by atoms with Crippen LogP contribution in [0, 0.1) is 17.1 Å². The first kappa shape index (κ1) is 28.5. The van der Waals surface area contributed by atoms with E-state index in [2.05, 4.69) is 21.4 Å². The maximum atomic E-state index is 14.1. The van der Waals surface area contributed by atoms with Crippen LogP contribution in [0.15, 0.2) is 110 Å². The van der Waals surface area contributed by atoms with Crippen molar-refractivity contribution in [1.82, 2.24) is 19.9 Å². The van der Waals surface area contributed by atoms with E-state index in [9.17, 15) is 14.0 Å². The summed E-state index contributed by atoms with van der Waals surface area (Å²) >= 11 is 1.36. The minimum Gasteiger partial charge on any atom is -0.347 e. The molecule has 10 heteroatoms. The van der Waals surface area contributed by atoms with E-state index >= 15 is 0 Å². The second-order valence-electron chi connectivity index (χ2n) is 10.1. The van der Waals surface area contributed by atoms with Gasteiger partial charge in [-0.3, -0.25) is 14.6 Å². The Bertz CT molecular complexity index is 2000. The van der Waals surface area contributed by atoms with E-state index in [0.29, 0.717) is 29.2 Å². The minimum absolute atomic E-state index is 0.166. The van der Waals surface area contributed by atoms with Gasteiger partial charge in [0.25, 0.3) is 11.8 Å². The minimum atomic E-state index is -0.503. The highest BCUT2D eigenvalue weighted by Gasteiger charge is 2.22. The molecular weight excluding hydrogens is 575 g/mol. The molecule has 1 N–H and O–H groups in total. The average Bonchev–Trinajstić information content (AvgIpc) is 3.69. The van der Waals surface area contributed by atoms with Gasteiger partial charge in [-0.1, -0.05) is 24.3 Å². The van der Waals surface area contributed by atoms with Gasteiger partial charge in [0.05, 0.1) is 35.1 Å². The monoisotopic (exact) mass is 600 g/mol. The van der Waals surface area contributed by atoms with Crippen LogP contribution in [0.1, 0.15) is 42.4 Å². The van der Waals surface area contributed by atoms with Gasteiger partial charge >= 0.3 is 0 Å². The zero-order chi connectivity index (χ0) is 30.5. The number of nitrogens with zero attached hydrogens (tertiary/aromatic N) is 5. The number of nitrogens with one attached hydrogen (secondary N) is 1. The van der Waals surface area contributed by atoms with Gasteiger partial charge in [0.2, 0.25) is 0 Å². The van der Waals surface area contributed by atoms with Crippen molar-refractivity contribution in [3.8, 4) is 6.07 Å². The van der Waals surface area contributed by atoms with E-state index in [1.165, 1.54) is 29.5 Å². The maximum Gasteiger partial charge on any atom is 0.261 e. The molecule has 0 fully saturated rings. The molecule has 6 rings (SSSR count). The second-order valence-corrected chi connectivity index (χ2v) is 11.2. The lowest BCUT2D eigenvalue weighted by atomic mass is 10.1. The molecule has 3 aromatic carbocycles. The average molecular weight is 601 g/mol. The van der Waals surface area contributed by atoms with Crippen molar-refractivity contribution in [3.63, 3.8) is 0 Å². The number of pyridine rings is 1. The molecule has 44 heavy (non-hydrogen) atoms. The van der Waals surface area contributed by atoms with Crippen molar-refractivity contribution >= 4 is 38.9 Å². The number of halogens is 1. The molecule has 8 nitrogen and oxygen atoms in total. The fourth-order valence-corrected chi connectivity index (χ4v) is 5.77. The lowest BCUT2D eigenvalue weighted by Crippen LogP contribution is -2.31. The molecule has 0 saturated heterocycles. The number of aromatic nitrogens is 3. The van der Waals surface area contributed by atoms with E-state index in [0.717, 1.165) is 26.9 Å². The summed E-state index contributed by atoms with van der Waals surface area (Å²) in [5.41, 5.74) is 4.01. The topological polar surface area (TPSA) is 104 Å². The third-order valence-corrected chi connectivity index (χ3v) is 8.20. The third-order valence-electron chi connectivity index (χ3n) is 7.08. The normalized spacial score (nSPS) is 10.8. The Morgan fingerprint density at radius 1 is 0.955 bits per heavy atom. The standard InChI is InChI=1S/C34H25FN6O2S/c35-28-5-1-4-26(13-28)34(43)41(21-30-19-38-22-40(30)20-24-8-6-23(16-36)7-9-24)29-10-11-31-27(14-29)15-32(44-31)33(42)39-18-25-3-2-12-37-17-25/h1-15,17,19,22H,18,20-21H2,(H,39,42). The molecule has 0 radical (unpaired) electrons. The molecule has 216 valence electrons. The number of hydrogen-bond acceptors (Lipinski definition) is 6. The number of hydrogen-bond donors (Lipinski definition) is 1. The number of rotatable bonds is 9. The van der Waals surface area contributed by atoms with Gasteiger partial charge in [-0.05, 0) is 77.2 Å². The number of benzene rings is 3. The van der Waals surface area contributed by atoms with Crippen molar-refractivity contribution in [2.75, 3.05) is 4.90 Å². The zero-order valence-corrected chi connectivity index (χ0v) is 24.2. The Labute approximate surface area is 256 Å².